The molecule has 5 nitrogen and oxygen atoms in total. The Morgan fingerprint density at radius 3 is 2.56 bits per heavy atom. The smallest absolute Gasteiger partial charge is 0.243 e. The third kappa shape index (κ3) is 2.72. The maximum Gasteiger partial charge on any atom is 0.243 e. The molecule has 1 heterocycles. The zero-order valence-corrected chi connectivity index (χ0v) is 11.2. The molecular formula is C11H12ClN3O2S. The van der Waals surface area contributed by atoms with Gasteiger partial charge in [-0.05, 0) is 24.3 Å². The minimum Gasteiger partial charge on any atom is -0.285 e. The highest BCUT2D eigenvalue weighted by molar-refractivity contribution is 7.89. The van der Waals surface area contributed by atoms with E-state index in [0.29, 0.717) is 5.02 Å². The van der Waals surface area contributed by atoms with E-state index in [0.717, 1.165) is 5.56 Å². The van der Waals surface area contributed by atoms with Crippen LogP contribution in [0.1, 0.15) is 5.56 Å². The lowest BCUT2D eigenvalue weighted by molar-refractivity contribution is 0.467. The number of hydrogen-bond donors (Lipinski definition) is 1. The predicted octanol–water partition coefficient (Wildman–Crippen LogP) is 1.88. The largest absolute Gasteiger partial charge is 0.285 e. The Bertz CT molecular complexity index is 608. The molecule has 0 spiro atoms. The molecule has 0 saturated carbocycles. The Morgan fingerprint density at radius 2 is 2.00 bits per heavy atom. The van der Waals surface area contributed by atoms with Crippen LogP contribution in [-0.4, -0.2) is 30.0 Å². The van der Waals surface area contributed by atoms with Crippen LogP contribution in [0.5, 0.6) is 0 Å². The van der Waals surface area contributed by atoms with E-state index < -0.39 is 10.0 Å². The first kappa shape index (κ1) is 13.1. The molecule has 96 valence electrons. The van der Waals surface area contributed by atoms with Gasteiger partial charge in [0.15, 0.2) is 0 Å². The molecule has 1 aromatic heterocycles. The lowest BCUT2D eigenvalue weighted by Gasteiger charge is -2.16. The number of nitrogens with zero attached hydrogens (tertiary/aromatic N) is 2. The summed E-state index contributed by atoms with van der Waals surface area (Å²) in [7, 11) is -1.97. The number of H-pyrrole nitrogens is 1. The first-order chi connectivity index (χ1) is 8.50. The molecule has 2 aromatic rings. The van der Waals surface area contributed by atoms with Crippen molar-refractivity contribution in [2.24, 2.45) is 0 Å². The van der Waals surface area contributed by atoms with Gasteiger partial charge in [-0.1, -0.05) is 11.6 Å². The van der Waals surface area contributed by atoms with E-state index in [1.165, 1.54) is 23.5 Å². The highest BCUT2D eigenvalue weighted by Crippen LogP contribution is 2.18. The van der Waals surface area contributed by atoms with Crippen molar-refractivity contribution >= 4 is 21.6 Å². The van der Waals surface area contributed by atoms with Crippen LogP contribution in [-0.2, 0) is 16.6 Å². The zero-order chi connectivity index (χ0) is 13.2. The first-order valence-corrected chi connectivity index (χ1v) is 7.01. The van der Waals surface area contributed by atoms with E-state index in [1.807, 2.05) is 0 Å². The molecular weight excluding hydrogens is 274 g/mol. The third-order valence-corrected chi connectivity index (χ3v) is 4.55. The predicted molar refractivity (Wildman–Crippen MR) is 68.7 cm³/mol. The summed E-state index contributed by atoms with van der Waals surface area (Å²) in [6.07, 6.45) is 3.25. The highest BCUT2D eigenvalue weighted by atomic mass is 35.5. The Hall–Kier alpha value is -1.37. The molecule has 0 aliphatic rings. The second-order valence-electron chi connectivity index (χ2n) is 3.82. The maximum absolute atomic E-state index is 12.2. The summed E-state index contributed by atoms with van der Waals surface area (Å²) in [5.74, 6) is 0. The summed E-state index contributed by atoms with van der Waals surface area (Å²) in [6, 6.07) is 6.09. The van der Waals surface area contributed by atoms with Crippen LogP contribution in [0.2, 0.25) is 5.02 Å². The molecule has 0 atom stereocenters. The van der Waals surface area contributed by atoms with Crippen molar-refractivity contribution < 1.29 is 8.42 Å². The molecule has 0 unspecified atom stereocenters. The van der Waals surface area contributed by atoms with Gasteiger partial charge in [0.2, 0.25) is 10.0 Å². The van der Waals surface area contributed by atoms with Gasteiger partial charge in [-0.2, -0.15) is 9.40 Å². The minimum absolute atomic E-state index is 0.220. The zero-order valence-electron chi connectivity index (χ0n) is 9.67. The molecule has 0 amide bonds. The lowest BCUT2D eigenvalue weighted by atomic mass is 10.4. The first-order valence-electron chi connectivity index (χ1n) is 5.20. The standard InChI is InChI=1S/C11H12ClN3O2S/c1-15(8-9-6-13-14-7-9)18(16,17)11-4-2-10(12)3-5-11/h2-7H,8H2,1H3,(H,13,14). The monoisotopic (exact) mass is 285 g/mol. The fourth-order valence-electron chi connectivity index (χ4n) is 1.49. The maximum atomic E-state index is 12.2. The normalized spacial score (nSPS) is 11.9. The van der Waals surface area contributed by atoms with Crippen LogP contribution < -0.4 is 0 Å². The summed E-state index contributed by atoms with van der Waals surface area (Å²) in [6.45, 7) is 0.265. The summed E-state index contributed by atoms with van der Waals surface area (Å²) >= 11 is 5.74. The van der Waals surface area contributed by atoms with Gasteiger partial charge in [-0.3, -0.25) is 5.10 Å². The number of halogens is 1. The molecule has 2 rings (SSSR count). The Balaban J connectivity index is 2.22. The summed E-state index contributed by atoms with van der Waals surface area (Å²) in [5.41, 5.74) is 0.801. The molecule has 18 heavy (non-hydrogen) atoms. The third-order valence-electron chi connectivity index (χ3n) is 2.48. The summed E-state index contributed by atoms with van der Waals surface area (Å²) in [4.78, 5) is 0.220. The van der Waals surface area contributed by atoms with Gasteiger partial charge < -0.3 is 0 Å². The fraction of sp³-hybridized carbons (Fsp3) is 0.182. The fourth-order valence-corrected chi connectivity index (χ4v) is 2.78. The Labute approximate surface area is 110 Å². The average molecular weight is 286 g/mol. The molecule has 0 saturated heterocycles. The van der Waals surface area contributed by atoms with E-state index in [-0.39, 0.29) is 11.4 Å². The van der Waals surface area contributed by atoms with Crippen LogP contribution in [0, 0.1) is 0 Å². The molecule has 0 radical (unpaired) electrons. The molecule has 7 heteroatoms. The Morgan fingerprint density at radius 1 is 1.33 bits per heavy atom. The van der Waals surface area contributed by atoms with E-state index in [9.17, 15) is 8.42 Å². The van der Waals surface area contributed by atoms with Crippen LogP contribution in [0.15, 0.2) is 41.6 Å². The van der Waals surface area contributed by atoms with Gasteiger partial charge in [-0.25, -0.2) is 8.42 Å². The van der Waals surface area contributed by atoms with E-state index in [4.69, 9.17) is 11.6 Å². The van der Waals surface area contributed by atoms with E-state index >= 15 is 0 Å². The number of rotatable bonds is 4. The van der Waals surface area contributed by atoms with Gasteiger partial charge >= 0.3 is 0 Å². The number of sulfonamides is 1. The second kappa shape index (κ2) is 5.09. The van der Waals surface area contributed by atoms with Crippen molar-refractivity contribution in [2.45, 2.75) is 11.4 Å². The van der Waals surface area contributed by atoms with Gasteiger partial charge in [0.25, 0.3) is 0 Å². The van der Waals surface area contributed by atoms with Gasteiger partial charge in [0, 0.05) is 30.4 Å². The lowest BCUT2D eigenvalue weighted by Crippen LogP contribution is -2.26. The summed E-state index contributed by atoms with van der Waals surface area (Å²) in [5, 5.41) is 6.93. The topological polar surface area (TPSA) is 66.1 Å². The van der Waals surface area contributed by atoms with Crippen LogP contribution >= 0.6 is 11.6 Å². The Kier molecular flexibility index (Phi) is 3.70. The molecule has 1 N–H and O–H groups in total. The average Bonchev–Trinajstić information content (AvgIpc) is 2.82. The number of aromatic amines is 1. The van der Waals surface area contributed by atoms with Gasteiger partial charge in [0.1, 0.15) is 0 Å². The summed E-state index contributed by atoms with van der Waals surface area (Å²) < 4.78 is 25.7. The molecule has 1 aromatic carbocycles. The van der Waals surface area contributed by atoms with Crippen LogP contribution in [0.25, 0.3) is 0 Å². The SMILES string of the molecule is CN(Cc1cn[nH]c1)S(=O)(=O)c1ccc(Cl)cc1. The molecule has 0 aliphatic carbocycles. The van der Waals surface area contributed by atoms with Crippen LogP contribution in [0.3, 0.4) is 0 Å². The molecule has 0 aliphatic heterocycles. The number of hydrogen-bond acceptors (Lipinski definition) is 3. The van der Waals surface area contributed by atoms with E-state index in [2.05, 4.69) is 10.2 Å². The second-order valence-corrected chi connectivity index (χ2v) is 6.30. The number of nitrogens with one attached hydrogen (secondary N) is 1. The van der Waals surface area contributed by atoms with Crippen LogP contribution in [0.4, 0.5) is 0 Å². The van der Waals surface area contributed by atoms with Crippen molar-refractivity contribution in [1.82, 2.24) is 14.5 Å². The van der Waals surface area contributed by atoms with Gasteiger partial charge in [-0.15, -0.1) is 0 Å². The van der Waals surface area contributed by atoms with Crippen molar-refractivity contribution in [2.75, 3.05) is 7.05 Å². The number of benzene rings is 1. The quantitative estimate of drug-likeness (QED) is 0.933. The van der Waals surface area contributed by atoms with Crippen molar-refractivity contribution in [1.29, 1.82) is 0 Å². The van der Waals surface area contributed by atoms with E-state index in [1.54, 1.807) is 24.5 Å². The van der Waals surface area contributed by atoms with Crippen molar-refractivity contribution in [3.63, 3.8) is 0 Å². The van der Waals surface area contributed by atoms with Gasteiger partial charge in [0.05, 0.1) is 11.1 Å². The molecule has 0 fully saturated rings. The van der Waals surface area contributed by atoms with Crippen molar-refractivity contribution in [3.8, 4) is 0 Å². The number of aromatic nitrogens is 2. The highest BCUT2D eigenvalue weighted by Gasteiger charge is 2.20. The molecule has 0 bridgehead atoms. The minimum atomic E-state index is -3.50. The van der Waals surface area contributed by atoms with Crippen molar-refractivity contribution in [3.05, 3.63) is 47.2 Å².